The summed E-state index contributed by atoms with van der Waals surface area (Å²) in [6, 6.07) is 58.3. The number of nitrogens with zero attached hydrogens (tertiary/aromatic N) is 3. The molecular weight excluding hydrogens is 667 g/mol. The summed E-state index contributed by atoms with van der Waals surface area (Å²) in [5.74, 6) is 0.661. The van der Waals surface area contributed by atoms with Crippen LogP contribution >= 0.6 is 11.3 Å². The Hall–Kier alpha value is -6.82. The van der Waals surface area contributed by atoms with Gasteiger partial charge in [0.25, 0.3) is 0 Å². The van der Waals surface area contributed by atoms with Crippen LogP contribution in [0.25, 0.3) is 114 Å². The van der Waals surface area contributed by atoms with Gasteiger partial charge >= 0.3 is 0 Å². The van der Waals surface area contributed by atoms with Crippen LogP contribution in [0.4, 0.5) is 0 Å². The number of para-hydroxylation sites is 1. The molecule has 4 aromatic heterocycles. The minimum Gasteiger partial charge on any atom is -0.456 e. The molecular formula is C48H27N3OS. The molecule has 0 N–H and O–H groups in total. The highest BCUT2D eigenvalue weighted by atomic mass is 32.1. The van der Waals surface area contributed by atoms with Crippen molar-refractivity contribution in [3.05, 3.63) is 164 Å². The number of aromatic nitrogens is 3. The second kappa shape index (κ2) is 10.8. The van der Waals surface area contributed by atoms with Gasteiger partial charge in [-0.1, -0.05) is 121 Å². The number of benzene rings is 8. The van der Waals surface area contributed by atoms with E-state index in [1.807, 2.05) is 12.1 Å². The van der Waals surface area contributed by atoms with E-state index in [1.165, 1.54) is 37.4 Å². The third kappa shape index (κ3) is 4.17. The molecule has 0 spiro atoms. The fourth-order valence-corrected chi connectivity index (χ4v) is 9.50. The second-order valence-corrected chi connectivity index (χ2v) is 14.8. The van der Waals surface area contributed by atoms with Crippen LogP contribution in [0.1, 0.15) is 0 Å². The molecule has 0 atom stereocenters. The minimum absolute atomic E-state index is 0.661. The van der Waals surface area contributed by atoms with Crippen molar-refractivity contribution in [1.29, 1.82) is 0 Å². The number of furan rings is 1. The molecule has 0 radical (unpaired) electrons. The van der Waals surface area contributed by atoms with Gasteiger partial charge in [0, 0.05) is 42.6 Å². The summed E-state index contributed by atoms with van der Waals surface area (Å²) in [4.78, 5) is 12.0. The standard InChI is InChI=1S/C48H27N3OS/c1-3-11-28(12-4-1)31-19-22-38-36(25-31)37-27-35-32(20-23-41-43(35)34-17-9-10-18-40(34)52-41)26-39(37)51(38)48-49-46(30-14-5-2-6-15-30)45-44-33-16-8-7-13-29(33)21-24-42(44)53-47(45)50-48/h1-27H. The summed E-state index contributed by atoms with van der Waals surface area (Å²) in [6.45, 7) is 0. The van der Waals surface area contributed by atoms with Crippen LogP contribution in [0, 0.1) is 0 Å². The molecule has 0 aliphatic rings. The zero-order chi connectivity index (χ0) is 34.6. The third-order valence-electron chi connectivity index (χ3n) is 10.8. The van der Waals surface area contributed by atoms with Gasteiger partial charge in [-0.25, -0.2) is 9.97 Å². The van der Waals surface area contributed by atoms with Crippen LogP contribution in [0.2, 0.25) is 0 Å². The monoisotopic (exact) mass is 693 g/mol. The van der Waals surface area contributed by atoms with E-state index in [9.17, 15) is 0 Å². The average Bonchev–Trinajstić information content (AvgIpc) is 3.89. The van der Waals surface area contributed by atoms with Crippen LogP contribution in [-0.4, -0.2) is 14.5 Å². The summed E-state index contributed by atoms with van der Waals surface area (Å²) in [6.07, 6.45) is 0. The first kappa shape index (κ1) is 28.8. The highest BCUT2D eigenvalue weighted by molar-refractivity contribution is 7.25. The maximum Gasteiger partial charge on any atom is 0.236 e. The Morgan fingerprint density at radius 3 is 2.04 bits per heavy atom. The molecule has 0 saturated carbocycles. The van der Waals surface area contributed by atoms with Gasteiger partial charge in [-0.05, 0) is 75.1 Å². The minimum atomic E-state index is 0.661. The van der Waals surface area contributed by atoms with Crippen molar-refractivity contribution in [1.82, 2.24) is 14.5 Å². The van der Waals surface area contributed by atoms with Crippen molar-refractivity contribution in [3.8, 4) is 28.3 Å². The van der Waals surface area contributed by atoms with Gasteiger partial charge in [0.05, 0.1) is 16.7 Å². The van der Waals surface area contributed by atoms with Crippen molar-refractivity contribution in [2.75, 3.05) is 0 Å². The summed E-state index contributed by atoms with van der Waals surface area (Å²) in [5.41, 5.74) is 8.28. The van der Waals surface area contributed by atoms with Crippen LogP contribution in [0.3, 0.4) is 0 Å². The zero-order valence-corrected chi connectivity index (χ0v) is 29.1. The Morgan fingerprint density at radius 1 is 0.434 bits per heavy atom. The van der Waals surface area contributed by atoms with E-state index in [4.69, 9.17) is 14.4 Å². The highest BCUT2D eigenvalue weighted by Gasteiger charge is 2.22. The largest absolute Gasteiger partial charge is 0.456 e. The second-order valence-electron chi connectivity index (χ2n) is 13.7. The van der Waals surface area contributed by atoms with E-state index < -0.39 is 0 Å². The van der Waals surface area contributed by atoms with E-state index in [0.29, 0.717) is 5.95 Å². The molecule has 0 amide bonds. The molecule has 12 aromatic rings. The molecule has 4 heterocycles. The first-order valence-electron chi connectivity index (χ1n) is 17.8. The summed E-state index contributed by atoms with van der Waals surface area (Å²) in [5, 5.41) is 11.6. The normalized spacial score (nSPS) is 12.2. The summed E-state index contributed by atoms with van der Waals surface area (Å²) < 4.78 is 9.81. The van der Waals surface area contributed by atoms with Crippen LogP contribution in [-0.2, 0) is 0 Å². The fourth-order valence-electron chi connectivity index (χ4n) is 8.42. The van der Waals surface area contributed by atoms with Gasteiger partial charge in [-0.2, -0.15) is 0 Å². The average molecular weight is 694 g/mol. The number of thiophene rings is 1. The van der Waals surface area contributed by atoms with E-state index >= 15 is 0 Å². The Morgan fingerprint density at radius 2 is 1.17 bits per heavy atom. The lowest BCUT2D eigenvalue weighted by Gasteiger charge is -2.11. The smallest absolute Gasteiger partial charge is 0.236 e. The SMILES string of the molecule is c1ccc(-c2ccc3c(c2)c2cc4c(ccc5oc6ccccc6c54)cc2n3-c2nc(-c3ccccc3)c3c(n2)sc2ccc4ccccc4c23)cc1. The van der Waals surface area contributed by atoms with Crippen molar-refractivity contribution >= 4 is 96.9 Å². The van der Waals surface area contributed by atoms with Crippen molar-refractivity contribution in [3.63, 3.8) is 0 Å². The quantitative estimate of drug-likeness (QED) is 0.185. The number of fused-ring (bicyclic) bond motifs is 13. The Bertz CT molecular complexity index is 3450. The fraction of sp³-hybridized carbons (Fsp3) is 0. The molecule has 0 fully saturated rings. The van der Waals surface area contributed by atoms with E-state index in [1.54, 1.807) is 11.3 Å². The molecule has 0 aliphatic carbocycles. The van der Waals surface area contributed by atoms with Gasteiger partial charge in [-0.15, -0.1) is 11.3 Å². The lowest BCUT2D eigenvalue weighted by atomic mass is 9.99. The number of hydrogen-bond acceptors (Lipinski definition) is 4. The molecule has 5 heteroatoms. The molecule has 246 valence electrons. The first-order chi connectivity index (χ1) is 26.3. The molecule has 0 saturated heterocycles. The third-order valence-corrected chi connectivity index (χ3v) is 11.9. The topological polar surface area (TPSA) is 43.9 Å². The van der Waals surface area contributed by atoms with Gasteiger partial charge in [0.2, 0.25) is 5.95 Å². The van der Waals surface area contributed by atoms with Gasteiger partial charge < -0.3 is 4.42 Å². The predicted molar refractivity (Wildman–Crippen MR) is 222 cm³/mol. The van der Waals surface area contributed by atoms with E-state index in [2.05, 4.69) is 156 Å². The zero-order valence-electron chi connectivity index (χ0n) is 28.2. The first-order valence-corrected chi connectivity index (χ1v) is 18.6. The maximum atomic E-state index is 6.34. The summed E-state index contributed by atoms with van der Waals surface area (Å²) in [7, 11) is 0. The highest BCUT2D eigenvalue weighted by Crippen LogP contribution is 2.44. The molecule has 0 unspecified atom stereocenters. The van der Waals surface area contributed by atoms with Crippen LogP contribution in [0.5, 0.6) is 0 Å². The van der Waals surface area contributed by atoms with Crippen molar-refractivity contribution in [2.24, 2.45) is 0 Å². The molecule has 53 heavy (non-hydrogen) atoms. The molecule has 0 aliphatic heterocycles. The van der Waals surface area contributed by atoms with Gasteiger partial charge in [-0.3, -0.25) is 4.57 Å². The van der Waals surface area contributed by atoms with Crippen LogP contribution in [0.15, 0.2) is 168 Å². The predicted octanol–water partition coefficient (Wildman–Crippen LogP) is 13.5. The molecule has 8 aromatic carbocycles. The number of rotatable bonds is 3. The van der Waals surface area contributed by atoms with Gasteiger partial charge in [0.15, 0.2) is 0 Å². The van der Waals surface area contributed by atoms with Crippen molar-refractivity contribution in [2.45, 2.75) is 0 Å². The molecule has 0 bridgehead atoms. The summed E-state index contributed by atoms with van der Waals surface area (Å²) >= 11 is 1.74. The van der Waals surface area contributed by atoms with Crippen LogP contribution < -0.4 is 0 Å². The van der Waals surface area contributed by atoms with E-state index in [-0.39, 0.29) is 0 Å². The lowest BCUT2D eigenvalue weighted by Crippen LogP contribution is -2.02. The Labute approximate surface area is 306 Å². The van der Waals surface area contributed by atoms with Crippen molar-refractivity contribution < 1.29 is 4.42 Å². The van der Waals surface area contributed by atoms with Gasteiger partial charge in [0.1, 0.15) is 16.0 Å². The Balaban J connectivity index is 1.22. The lowest BCUT2D eigenvalue weighted by molar-refractivity contribution is 0.669. The Kier molecular flexibility index (Phi) is 5.90. The number of hydrogen-bond donors (Lipinski definition) is 0. The molecule has 4 nitrogen and oxygen atoms in total. The molecule has 12 rings (SSSR count). The maximum absolute atomic E-state index is 6.34. The van der Waals surface area contributed by atoms with E-state index in [0.717, 1.165) is 70.6 Å².